The molecule has 1 aromatic carbocycles. The number of carboxylic acid groups (broad SMARTS) is 1. The van der Waals surface area contributed by atoms with Crippen molar-refractivity contribution in [1.82, 2.24) is 4.90 Å². The Bertz CT molecular complexity index is 610. The Morgan fingerprint density at radius 3 is 2.62 bits per heavy atom. The number of hydrogen-bond acceptors (Lipinski definition) is 3. The first-order valence-corrected chi connectivity index (χ1v) is 8.67. The van der Waals surface area contributed by atoms with Crippen LogP contribution in [-0.2, 0) is 14.3 Å². The molecule has 1 aliphatic carbocycles. The summed E-state index contributed by atoms with van der Waals surface area (Å²) in [6, 6.07) is 8.58. The molecule has 24 heavy (non-hydrogen) atoms. The van der Waals surface area contributed by atoms with Gasteiger partial charge in [-0.15, -0.1) is 0 Å². The molecule has 130 valence electrons. The molecule has 2 fully saturated rings. The molecule has 1 saturated heterocycles. The van der Waals surface area contributed by atoms with Crippen LogP contribution in [0.1, 0.15) is 49.7 Å². The Morgan fingerprint density at radius 1 is 1.29 bits per heavy atom. The maximum atomic E-state index is 12.7. The van der Waals surface area contributed by atoms with Crippen LogP contribution in [0.3, 0.4) is 0 Å². The molecule has 3 atom stereocenters. The van der Waals surface area contributed by atoms with Crippen LogP contribution in [0.4, 0.5) is 0 Å². The molecule has 1 N–H and O–H groups in total. The van der Waals surface area contributed by atoms with E-state index >= 15 is 0 Å². The summed E-state index contributed by atoms with van der Waals surface area (Å²) >= 11 is 0. The molecule has 5 nitrogen and oxygen atoms in total. The summed E-state index contributed by atoms with van der Waals surface area (Å²) in [5.41, 5.74) is 2.54. The molecule has 5 heteroatoms. The van der Waals surface area contributed by atoms with Crippen LogP contribution in [0.25, 0.3) is 0 Å². The van der Waals surface area contributed by atoms with E-state index in [9.17, 15) is 9.59 Å². The predicted octanol–water partition coefficient (Wildman–Crippen LogP) is 2.62. The molecule has 0 radical (unpaired) electrons. The Hall–Kier alpha value is -1.88. The van der Waals surface area contributed by atoms with E-state index in [0.29, 0.717) is 31.5 Å². The van der Waals surface area contributed by atoms with E-state index in [0.717, 1.165) is 6.42 Å². The third-order valence-electron chi connectivity index (χ3n) is 4.99. The molecule has 1 amide bonds. The van der Waals surface area contributed by atoms with Gasteiger partial charge < -0.3 is 14.7 Å². The summed E-state index contributed by atoms with van der Waals surface area (Å²) < 4.78 is 5.44. The van der Waals surface area contributed by atoms with Crippen LogP contribution in [0, 0.1) is 5.92 Å². The van der Waals surface area contributed by atoms with Gasteiger partial charge in [0.15, 0.2) is 0 Å². The van der Waals surface area contributed by atoms with Crippen molar-refractivity contribution in [1.29, 1.82) is 0 Å². The summed E-state index contributed by atoms with van der Waals surface area (Å²) in [5.74, 6) is 0.114. The van der Waals surface area contributed by atoms with Crippen molar-refractivity contribution in [3.63, 3.8) is 0 Å². The molecular formula is C19H25NO4. The summed E-state index contributed by atoms with van der Waals surface area (Å²) in [7, 11) is 0. The zero-order valence-corrected chi connectivity index (χ0v) is 14.3. The summed E-state index contributed by atoms with van der Waals surface area (Å²) in [6.07, 6.45) is 0.456. The quantitative estimate of drug-likeness (QED) is 0.901. The van der Waals surface area contributed by atoms with E-state index in [1.54, 1.807) is 4.90 Å². The fraction of sp³-hybridized carbons (Fsp3) is 0.579. The van der Waals surface area contributed by atoms with E-state index in [1.807, 2.05) is 0 Å². The Morgan fingerprint density at radius 2 is 2.00 bits per heavy atom. The minimum absolute atomic E-state index is 0.0403. The second-order valence-corrected chi connectivity index (χ2v) is 7.14. The van der Waals surface area contributed by atoms with Gasteiger partial charge in [-0.25, -0.2) is 0 Å². The van der Waals surface area contributed by atoms with Gasteiger partial charge in [0, 0.05) is 19.0 Å². The number of amides is 1. The van der Waals surface area contributed by atoms with Gasteiger partial charge in [-0.1, -0.05) is 38.1 Å². The van der Waals surface area contributed by atoms with Crippen molar-refractivity contribution in [2.45, 2.75) is 44.6 Å². The van der Waals surface area contributed by atoms with Crippen LogP contribution in [0.2, 0.25) is 0 Å². The number of benzene rings is 1. The van der Waals surface area contributed by atoms with Crippen LogP contribution in [-0.4, -0.2) is 47.7 Å². The van der Waals surface area contributed by atoms with Crippen LogP contribution >= 0.6 is 0 Å². The van der Waals surface area contributed by atoms with Crippen molar-refractivity contribution in [3.8, 4) is 0 Å². The van der Waals surface area contributed by atoms with Gasteiger partial charge in [0.05, 0.1) is 19.1 Å². The maximum Gasteiger partial charge on any atom is 0.306 e. The summed E-state index contributed by atoms with van der Waals surface area (Å²) in [5, 5.41) is 8.88. The van der Waals surface area contributed by atoms with Crippen molar-refractivity contribution in [2.24, 2.45) is 5.92 Å². The lowest BCUT2D eigenvalue weighted by Crippen LogP contribution is -2.47. The molecule has 0 spiro atoms. The Kier molecular flexibility index (Phi) is 4.90. The third kappa shape index (κ3) is 3.78. The van der Waals surface area contributed by atoms with Crippen molar-refractivity contribution in [2.75, 3.05) is 19.7 Å². The first-order valence-electron chi connectivity index (χ1n) is 8.67. The number of morpholine rings is 1. The van der Waals surface area contributed by atoms with Crippen LogP contribution < -0.4 is 0 Å². The van der Waals surface area contributed by atoms with E-state index in [-0.39, 0.29) is 24.3 Å². The highest BCUT2D eigenvalue weighted by Gasteiger charge is 2.46. The van der Waals surface area contributed by atoms with Crippen LogP contribution in [0.15, 0.2) is 24.3 Å². The maximum absolute atomic E-state index is 12.7. The first kappa shape index (κ1) is 17.0. The standard InChI is InChI=1S/C19H25NO4/c1-12(2)13-3-5-14(6-4-13)16-10-17(16)19(23)20-7-8-24-15(11-20)9-18(21)22/h3-6,12,15-17H,7-11H2,1-2H3,(H,21,22). The molecule has 3 unspecified atom stereocenters. The van der Waals surface area contributed by atoms with Crippen LogP contribution in [0.5, 0.6) is 0 Å². The van der Waals surface area contributed by atoms with Crippen molar-refractivity contribution >= 4 is 11.9 Å². The minimum atomic E-state index is -0.885. The fourth-order valence-electron chi connectivity index (χ4n) is 3.44. The number of aliphatic carboxylic acids is 1. The van der Waals surface area contributed by atoms with E-state index in [2.05, 4.69) is 38.1 Å². The van der Waals surface area contributed by atoms with Gasteiger partial charge in [-0.05, 0) is 29.4 Å². The Labute approximate surface area is 142 Å². The highest BCUT2D eigenvalue weighted by Crippen LogP contribution is 2.48. The summed E-state index contributed by atoms with van der Waals surface area (Å²) in [4.78, 5) is 25.3. The lowest BCUT2D eigenvalue weighted by molar-refractivity contribution is -0.148. The predicted molar refractivity (Wildman–Crippen MR) is 90.0 cm³/mol. The molecule has 3 rings (SSSR count). The molecule has 2 aliphatic rings. The van der Waals surface area contributed by atoms with Gasteiger partial charge in [0.1, 0.15) is 0 Å². The largest absolute Gasteiger partial charge is 0.481 e. The molecule has 1 heterocycles. The fourth-order valence-corrected chi connectivity index (χ4v) is 3.44. The molecular weight excluding hydrogens is 306 g/mol. The highest BCUT2D eigenvalue weighted by molar-refractivity contribution is 5.83. The second kappa shape index (κ2) is 6.93. The number of carbonyl (C=O) groups is 2. The van der Waals surface area contributed by atoms with Gasteiger partial charge in [0.25, 0.3) is 0 Å². The van der Waals surface area contributed by atoms with E-state index in [1.165, 1.54) is 11.1 Å². The van der Waals surface area contributed by atoms with Gasteiger partial charge >= 0.3 is 5.97 Å². The van der Waals surface area contributed by atoms with E-state index < -0.39 is 5.97 Å². The zero-order chi connectivity index (χ0) is 17.3. The SMILES string of the molecule is CC(C)c1ccc(C2CC2C(=O)N2CCOC(CC(=O)O)C2)cc1. The third-order valence-corrected chi connectivity index (χ3v) is 4.99. The average Bonchev–Trinajstić information content (AvgIpc) is 3.34. The van der Waals surface area contributed by atoms with E-state index in [4.69, 9.17) is 9.84 Å². The Balaban J connectivity index is 1.58. The van der Waals surface area contributed by atoms with Crippen molar-refractivity contribution < 1.29 is 19.4 Å². The number of rotatable bonds is 5. The summed E-state index contributed by atoms with van der Waals surface area (Å²) in [6.45, 7) is 5.71. The lowest BCUT2D eigenvalue weighted by atomic mass is 10.00. The first-order chi connectivity index (χ1) is 11.5. The molecule has 1 aromatic rings. The molecule has 1 aliphatic heterocycles. The second-order valence-electron chi connectivity index (χ2n) is 7.14. The lowest BCUT2D eigenvalue weighted by Gasteiger charge is -2.32. The number of nitrogens with zero attached hydrogens (tertiary/aromatic N) is 1. The number of hydrogen-bond donors (Lipinski definition) is 1. The van der Waals surface area contributed by atoms with Gasteiger partial charge in [-0.2, -0.15) is 0 Å². The number of ether oxygens (including phenoxy) is 1. The van der Waals surface area contributed by atoms with Gasteiger partial charge in [0.2, 0.25) is 5.91 Å². The normalized spacial score (nSPS) is 26.5. The molecule has 0 bridgehead atoms. The number of carboxylic acids is 1. The monoisotopic (exact) mass is 331 g/mol. The highest BCUT2D eigenvalue weighted by atomic mass is 16.5. The zero-order valence-electron chi connectivity index (χ0n) is 14.3. The topological polar surface area (TPSA) is 66.8 Å². The smallest absolute Gasteiger partial charge is 0.306 e. The number of carbonyl (C=O) groups excluding carboxylic acids is 1. The van der Waals surface area contributed by atoms with Crippen molar-refractivity contribution in [3.05, 3.63) is 35.4 Å². The average molecular weight is 331 g/mol. The van der Waals surface area contributed by atoms with Gasteiger partial charge in [-0.3, -0.25) is 9.59 Å². The molecule has 1 saturated carbocycles. The minimum Gasteiger partial charge on any atom is -0.481 e. The molecule has 0 aromatic heterocycles.